The van der Waals surface area contributed by atoms with Crippen LogP contribution in [-0.4, -0.2) is 12.5 Å². The van der Waals surface area contributed by atoms with Crippen LogP contribution in [0.3, 0.4) is 0 Å². The van der Waals surface area contributed by atoms with Crippen LogP contribution in [-0.2, 0) is 0 Å². The summed E-state index contributed by atoms with van der Waals surface area (Å²) >= 11 is 0. The molecule has 0 aliphatic heterocycles. The standard InChI is InChI=1S/C15H14F2N2O2/c1-9-5-6-10(7-13(9)18)14(20)19-11-3-2-4-12(8-11)21-15(16)17/h2-8,15H,18H2,1H3,(H,19,20). The maximum Gasteiger partial charge on any atom is 0.387 e. The summed E-state index contributed by atoms with van der Waals surface area (Å²) in [5, 5.41) is 2.60. The fourth-order valence-corrected chi connectivity index (χ4v) is 1.74. The number of benzene rings is 2. The summed E-state index contributed by atoms with van der Waals surface area (Å²) in [6, 6.07) is 10.7. The van der Waals surface area contributed by atoms with Crippen LogP contribution in [0, 0.1) is 6.92 Å². The third-order valence-corrected chi connectivity index (χ3v) is 2.86. The van der Waals surface area contributed by atoms with E-state index < -0.39 is 6.61 Å². The van der Waals surface area contributed by atoms with Gasteiger partial charge >= 0.3 is 6.61 Å². The van der Waals surface area contributed by atoms with E-state index in [9.17, 15) is 13.6 Å². The number of ether oxygens (including phenoxy) is 1. The first-order valence-electron chi connectivity index (χ1n) is 6.18. The molecule has 0 aromatic heterocycles. The monoisotopic (exact) mass is 292 g/mol. The van der Waals surface area contributed by atoms with Crippen LogP contribution in [0.15, 0.2) is 42.5 Å². The van der Waals surface area contributed by atoms with Gasteiger partial charge in [-0.2, -0.15) is 8.78 Å². The molecule has 0 saturated heterocycles. The van der Waals surface area contributed by atoms with E-state index in [2.05, 4.69) is 10.1 Å². The molecule has 2 rings (SSSR count). The zero-order valence-corrected chi connectivity index (χ0v) is 11.3. The highest BCUT2D eigenvalue weighted by atomic mass is 19.3. The number of nitrogen functional groups attached to an aromatic ring is 1. The lowest BCUT2D eigenvalue weighted by molar-refractivity contribution is -0.0497. The lowest BCUT2D eigenvalue weighted by atomic mass is 10.1. The minimum absolute atomic E-state index is 0.0220. The molecular weight excluding hydrogens is 278 g/mol. The second kappa shape index (κ2) is 6.21. The van der Waals surface area contributed by atoms with Gasteiger partial charge in [0.1, 0.15) is 5.75 Å². The second-order valence-electron chi connectivity index (χ2n) is 4.43. The van der Waals surface area contributed by atoms with Crippen molar-refractivity contribution in [3.63, 3.8) is 0 Å². The summed E-state index contributed by atoms with van der Waals surface area (Å²) in [5.41, 5.74) is 7.88. The number of hydrogen-bond donors (Lipinski definition) is 2. The Balaban J connectivity index is 2.13. The highest BCUT2D eigenvalue weighted by Crippen LogP contribution is 2.20. The molecule has 0 heterocycles. The van der Waals surface area contributed by atoms with E-state index in [1.165, 1.54) is 18.2 Å². The third kappa shape index (κ3) is 3.92. The number of amides is 1. The van der Waals surface area contributed by atoms with Crippen molar-refractivity contribution in [3.8, 4) is 5.75 Å². The maximum absolute atomic E-state index is 12.1. The average Bonchev–Trinajstić information content (AvgIpc) is 2.41. The molecule has 6 heteroatoms. The molecule has 0 saturated carbocycles. The van der Waals surface area contributed by atoms with Crippen LogP contribution in [0.4, 0.5) is 20.2 Å². The zero-order valence-electron chi connectivity index (χ0n) is 11.3. The Morgan fingerprint density at radius 3 is 2.67 bits per heavy atom. The molecule has 0 fully saturated rings. The predicted molar refractivity (Wildman–Crippen MR) is 76.6 cm³/mol. The number of rotatable bonds is 4. The number of hydrogen-bond acceptors (Lipinski definition) is 3. The first-order chi connectivity index (χ1) is 9.95. The Kier molecular flexibility index (Phi) is 4.37. The molecule has 3 N–H and O–H groups in total. The molecule has 0 bridgehead atoms. The molecule has 110 valence electrons. The topological polar surface area (TPSA) is 64.3 Å². The van der Waals surface area contributed by atoms with Gasteiger partial charge in [-0.3, -0.25) is 4.79 Å². The van der Waals surface area contributed by atoms with E-state index in [4.69, 9.17) is 5.73 Å². The van der Waals surface area contributed by atoms with E-state index in [1.807, 2.05) is 6.92 Å². The van der Waals surface area contributed by atoms with E-state index in [0.717, 1.165) is 5.56 Å². The molecule has 0 spiro atoms. The van der Waals surface area contributed by atoms with Crippen LogP contribution >= 0.6 is 0 Å². The summed E-state index contributed by atoms with van der Waals surface area (Å²) in [6.07, 6.45) is 0. The predicted octanol–water partition coefficient (Wildman–Crippen LogP) is 3.43. The first-order valence-corrected chi connectivity index (χ1v) is 6.18. The van der Waals surface area contributed by atoms with E-state index in [0.29, 0.717) is 16.9 Å². The van der Waals surface area contributed by atoms with Gasteiger partial charge in [0.15, 0.2) is 0 Å². The normalized spacial score (nSPS) is 10.5. The Hall–Kier alpha value is -2.63. The van der Waals surface area contributed by atoms with Gasteiger partial charge in [-0.05, 0) is 36.8 Å². The number of aryl methyl sites for hydroxylation is 1. The molecule has 0 aliphatic rings. The molecule has 2 aromatic carbocycles. The number of alkyl halides is 2. The Labute approximate surface area is 120 Å². The maximum atomic E-state index is 12.1. The van der Waals surface area contributed by atoms with E-state index >= 15 is 0 Å². The third-order valence-electron chi connectivity index (χ3n) is 2.86. The van der Waals surface area contributed by atoms with Crippen molar-refractivity contribution in [2.75, 3.05) is 11.1 Å². The zero-order chi connectivity index (χ0) is 15.4. The van der Waals surface area contributed by atoms with Crippen molar-refractivity contribution in [1.82, 2.24) is 0 Å². The SMILES string of the molecule is Cc1ccc(C(=O)Nc2cccc(OC(F)F)c2)cc1N. The number of halogens is 2. The van der Waals surface area contributed by atoms with Gasteiger partial charge in [0, 0.05) is 23.0 Å². The first kappa shape index (κ1) is 14.8. The molecule has 4 nitrogen and oxygen atoms in total. The van der Waals surface area contributed by atoms with Gasteiger partial charge in [0.25, 0.3) is 5.91 Å². The van der Waals surface area contributed by atoms with Crippen molar-refractivity contribution in [3.05, 3.63) is 53.6 Å². The van der Waals surface area contributed by atoms with Crippen molar-refractivity contribution < 1.29 is 18.3 Å². The van der Waals surface area contributed by atoms with Gasteiger partial charge in [-0.15, -0.1) is 0 Å². The number of carbonyl (C=O) groups excluding carboxylic acids is 1. The summed E-state index contributed by atoms with van der Waals surface area (Å²) in [4.78, 5) is 12.1. The molecule has 0 aliphatic carbocycles. The van der Waals surface area contributed by atoms with Crippen molar-refractivity contribution in [2.24, 2.45) is 0 Å². The Morgan fingerprint density at radius 1 is 1.24 bits per heavy atom. The summed E-state index contributed by atoms with van der Waals surface area (Å²) < 4.78 is 28.5. The minimum atomic E-state index is -2.91. The molecular formula is C15H14F2N2O2. The molecule has 21 heavy (non-hydrogen) atoms. The Morgan fingerprint density at radius 2 is 2.00 bits per heavy atom. The highest BCUT2D eigenvalue weighted by molar-refractivity contribution is 6.04. The fourth-order valence-electron chi connectivity index (χ4n) is 1.74. The second-order valence-corrected chi connectivity index (χ2v) is 4.43. The van der Waals surface area contributed by atoms with Crippen molar-refractivity contribution in [1.29, 1.82) is 0 Å². The van der Waals surface area contributed by atoms with Gasteiger partial charge < -0.3 is 15.8 Å². The summed E-state index contributed by atoms with van der Waals surface area (Å²) in [6.45, 7) is -1.07. The number of nitrogens with two attached hydrogens (primary N) is 1. The molecule has 0 radical (unpaired) electrons. The lowest BCUT2D eigenvalue weighted by Crippen LogP contribution is -2.12. The average molecular weight is 292 g/mol. The van der Waals surface area contributed by atoms with Gasteiger partial charge in [-0.25, -0.2) is 0 Å². The van der Waals surface area contributed by atoms with Gasteiger partial charge in [0.2, 0.25) is 0 Å². The van der Waals surface area contributed by atoms with Crippen LogP contribution in [0.1, 0.15) is 15.9 Å². The summed E-state index contributed by atoms with van der Waals surface area (Å²) in [7, 11) is 0. The van der Waals surface area contributed by atoms with Crippen LogP contribution in [0.2, 0.25) is 0 Å². The van der Waals surface area contributed by atoms with Crippen LogP contribution in [0.5, 0.6) is 5.75 Å². The molecule has 1 amide bonds. The smallest absolute Gasteiger partial charge is 0.387 e. The van der Waals surface area contributed by atoms with Crippen LogP contribution < -0.4 is 15.8 Å². The molecule has 0 unspecified atom stereocenters. The van der Waals surface area contributed by atoms with E-state index in [1.54, 1.807) is 24.3 Å². The quantitative estimate of drug-likeness (QED) is 0.848. The number of carbonyl (C=O) groups is 1. The van der Waals surface area contributed by atoms with Crippen LogP contribution in [0.25, 0.3) is 0 Å². The van der Waals surface area contributed by atoms with Gasteiger partial charge in [-0.1, -0.05) is 12.1 Å². The number of nitrogens with one attached hydrogen (secondary N) is 1. The summed E-state index contributed by atoms with van der Waals surface area (Å²) in [5.74, 6) is -0.401. The molecule has 0 atom stereocenters. The largest absolute Gasteiger partial charge is 0.435 e. The fraction of sp³-hybridized carbons (Fsp3) is 0.133. The lowest BCUT2D eigenvalue weighted by Gasteiger charge is -2.09. The van der Waals surface area contributed by atoms with Gasteiger partial charge in [0.05, 0.1) is 0 Å². The van der Waals surface area contributed by atoms with Crippen molar-refractivity contribution >= 4 is 17.3 Å². The highest BCUT2D eigenvalue weighted by Gasteiger charge is 2.09. The molecule has 2 aromatic rings. The minimum Gasteiger partial charge on any atom is -0.435 e. The Bertz CT molecular complexity index is 660. The van der Waals surface area contributed by atoms with Crippen molar-refractivity contribution in [2.45, 2.75) is 13.5 Å². The number of anilines is 2. The van der Waals surface area contributed by atoms with E-state index in [-0.39, 0.29) is 11.7 Å².